The van der Waals surface area contributed by atoms with Crippen molar-refractivity contribution in [2.24, 2.45) is 7.05 Å². The van der Waals surface area contributed by atoms with Gasteiger partial charge in [-0.3, -0.25) is 0 Å². The van der Waals surface area contributed by atoms with Crippen LogP contribution in [0.25, 0.3) is 0 Å². The molecule has 112 valence electrons. The Kier molecular flexibility index (Phi) is 4.25. The molecule has 1 N–H and O–H groups in total. The van der Waals surface area contributed by atoms with Gasteiger partial charge in [-0.2, -0.15) is 0 Å². The fourth-order valence-corrected chi connectivity index (χ4v) is 2.92. The molecule has 1 aliphatic rings. The molecule has 1 aliphatic heterocycles. The number of nitrogens with one attached hydrogen (secondary N) is 1. The average Bonchev–Trinajstić information content (AvgIpc) is 3.11. The Morgan fingerprint density at radius 3 is 3.10 bits per heavy atom. The second kappa shape index (κ2) is 6.31. The van der Waals surface area contributed by atoms with E-state index in [-0.39, 0.29) is 0 Å². The zero-order chi connectivity index (χ0) is 14.7. The lowest BCUT2D eigenvalue weighted by atomic mass is 10.0. The molecule has 0 saturated carbocycles. The molecule has 1 unspecified atom stereocenters. The fourth-order valence-electron chi connectivity index (χ4n) is 2.92. The van der Waals surface area contributed by atoms with Gasteiger partial charge in [0.1, 0.15) is 5.75 Å². The molecule has 4 heteroatoms. The molecule has 0 saturated heterocycles. The van der Waals surface area contributed by atoms with Gasteiger partial charge in [0.15, 0.2) is 0 Å². The number of benzene rings is 1. The number of fused-ring (bicyclic) bond motifs is 1. The number of hydrogen-bond donors (Lipinski definition) is 1. The maximum absolute atomic E-state index is 5.56. The van der Waals surface area contributed by atoms with E-state index in [1.54, 1.807) is 0 Å². The molecular formula is C17H23N3O. The number of rotatable bonds is 6. The van der Waals surface area contributed by atoms with Crippen molar-refractivity contribution in [3.8, 4) is 5.75 Å². The molecular weight excluding hydrogens is 262 g/mol. The van der Waals surface area contributed by atoms with E-state index in [0.717, 1.165) is 43.9 Å². The van der Waals surface area contributed by atoms with Crippen LogP contribution >= 0.6 is 0 Å². The van der Waals surface area contributed by atoms with Crippen LogP contribution in [0.1, 0.15) is 36.2 Å². The normalized spacial score (nSPS) is 14.8. The van der Waals surface area contributed by atoms with E-state index in [2.05, 4.69) is 41.6 Å². The highest BCUT2D eigenvalue weighted by molar-refractivity contribution is 5.39. The Morgan fingerprint density at radius 1 is 1.43 bits per heavy atom. The lowest BCUT2D eigenvalue weighted by molar-refractivity contribution is 0.357. The summed E-state index contributed by atoms with van der Waals surface area (Å²) in [5, 5.41) is 3.53. The summed E-state index contributed by atoms with van der Waals surface area (Å²) in [7, 11) is 2.01. The monoisotopic (exact) mass is 285 g/mol. The largest absolute Gasteiger partial charge is 0.493 e. The Balaban J connectivity index is 1.66. The summed E-state index contributed by atoms with van der Waals surface area (Å²) in [5.41, 5.74) is 3.87. The smallest absolute Gasteiger partial charge is 0.122 e. The van der Waals surface area contributed by atoms with E-state index in [4.69, 9.17) is 4.74 Å². The molecule has 1 atom stereocenters. The quantitative estimate of drug-likeness (QED) is 0.887. The summed E-state index contributed by atoms with van der Waals surface area (Å²) in [6.45, 7) is 3.93. The maximum Gasteiger partial charge on any atom is 0.122 e. The Labute approximate surface area is 126 Å². The van der Waals surface area contributed by atoms with Gasteiger partial charge in [0.25, 0.3) is 0 Å². The van der Waals surface area contributed by atoms with Gasteiger partial charge in [-0.25, -0.2) is 4.98 Å². The third kappa shape index (κ3) is 3.27. The van der Waals surface area contributed by atoms with Crippen LogP contribution in [0.4, 0.5) is 0 Å². The average molecular weight is 285 g/mol. The lowest BCUT2D eigenvalue weighted by Crippen LogP contribution is -2.21. The molecule has 0 aliphatic carbocycles. The van der Waals surface area contributed by atoms with Crippen molar-refractivity contribution in [2.45, 2.75) is 32.2 Å². The number of imidazole rings is 1. The van der Waals surface area contributed by atoms with Gasteiger partial charge in [0.2, 0.25) is 0 Å². The van der Waals surface area contributed by atoms with Crippen LogP contribution in [0.15, 0.2) is 30.7 Å². The summed E-state index contributed by atoms with van der Waals surface area (Å²) < 4.78 is 7.57. The molecule has 3 rings (SSSR count). The topological polar surface area (TPSA) is 39.1 Å². The van der Waals surface area contributed by atoms with Crippen LogP contribution < -0.4 is 10.1 Å². The summed E-state index contributed by atoms with van der Waals surface area (Å²) in [6.07, 6.45) is 7.13. The van der Waals surface area contributed by atoms with Crippen molar-refractivity contribution in [3.05, 3.63) is 47.5 Å². The van der Waals surface area contributed by atoms with Crippen LogP contribution in [0.3, 0.4) is 0 Å². The highest BCUT2D eigenvalue weighted by Crippen LogP contribution is 2.27. The molecule has 21 heavy (non-hydrogen) atoms. The predicted octanol–water partition coefficient (Wildman–Crippen LogP) is 2.64. The minimum Gasteiger partial charge on any atom is -0.493 e. The second-order valence-corrected chi connectivity index (χ2v) is 5.65. The van der Waals surface area contributed by atoms with E-state index in [1.165, 1.54) is 11.1 Å². The summed E-state index contributed by atoms with van der Waals surface area (Å²) in [4.78, 5) is 4.49. The highest BCUT2D eigenvalue weighted by Gasteiger charge is 2.15. The maximum atomic E-state index is 5.56. The van der Waals surface area contributed by atoms with Crippen LogP contribution in [-0.2, 0) is 19.9 Å². The standard InChI is InChI=1S/C17H23N3O/c1-3-18-15(16-11-20(2)12-19-16)6-4-13-5-7-17-14(10-13)8-9-21-17/h5,7,10-12,15,18H,3-4,6,8-9H2,1-2H3. The molecule has 1 aromatic heterocycles. The molecule has 1 aromatic carbocycles. The van der Waals surface area contributed by atoms with E-state index < -0.39 is 0 Å². The molecule has 0 fully saturated rings. The lowest BCUT2D eigenvalue weighted by Gasteiger charge is -2.16. The first-order valence-corrected chi connectivity index (χ1v) is 7.72. The molecule has 0 amide bonds. The van der Waals surface area contributed by atoms with Gasteiger partial charge in [-0.05, 0) is 36.6 Å². The summed E-state index contributed by atoms with van der Waals surface area (Å²) >= 11 is 0. The molecule has 2 aromatic rings. The van der Waals surface area contributed by atoms with Crippen molar-refractivity contribution in [1.29, 1.82) is 0 Å². The van der Waals surface area contributed by atoms with Crippen molar-refractivity contribution in [2.75, 3.05) is 13.2 Å². The van der Waals surface area contributed by atoms with Crippen LogP contribution in [0.5, 0.6) is 5.75 Å². The number of ether oxygens (including phenoxy) is 1. The molecule has 2 heterocycles. The Morgan fingerprint density at radius 2 is 2.33 bits per heavy atom. The van der Waals surface area contributed by atoms with Crippen LogP contribution in [-0.4, -0.2) is 22.7 Å². The summed E-state index contributed by atoms with van der Waals surface area (Å²) in [6, 6.07) is 6.91. The van der Waals surface area contributed by atoms with Crippen LogP contribution in [0.2, 0.25) is 0 Å². The first-order chi connectivity index (χ1) is 10.3. The number of aromatic nitrogens is 2. The zero-order valence-corrected chi connectivity index (χ0v) is 12.8. The third-order valence-electron chi connectivity index (χ3n) is 4.01. The first-order valence-electron chi connectivity index (χ1n) is 7.72. The van der Waals surface area contributed by atoms with E-state index >= 15 is 0 Å². The Bertz CT molecular complexity index is 606. The van der Waals surface area contributed by atoms with Crippen molar-refractivity contribution < 1.29 is 4.74 Å². The van der Waals surface area contributed by atoms with Crippen molar-refractivity contribution in [1.82, 2.24) is 14.9 Å². The van der Waals surface area contributed by atoms with Gasteiger partial charge in [-0.15, -0.1) is 0 Å². The second-order valence-electron chi connectivity index (χ2n) is 5.65. The van der Waals surface area contributed by atoms with E-state index in [0.29, 0.717) is 6.04 Å². The third-order valence-corrected chi connectivity index (χ3v) is 4.01. The van der Waals surface area contributed by atoms with Gasteiger partial charge in [0.05, 0.1) is 24.7 Å². The molecule has 0 radical (unpaired) electrons. The highest BCUT2D eigenvalue weighted by atomic mass is 16.5. The predicted molar refractivity (Wildman–Crippen MR) is 83.6 cm³/mol. The number of hydrogen-bond acceptors (Lipinski definition) is 3. The SMILES string of the molecule is CCNC(CCc1ccc2c(c1)CCO2)c1cn(C)cn1. The van der Waals surface area contributed by atoms with Crippen LogP contribution in [0, 0.1) is 0 Å². The van der Waals surface area contributed by atoms with Gasteiger partial charge in [0, 0.05) is 19.7 Å². The van der Waals surface area contributed by atoms with Gasteiger partial charge >= 0.3 is 0 Å². The molecule has 0 bridgehead atoms. The van der Waals surface area contributed by atoms with Gasteiger partial charge in [-0.1, -0.05) is 19.1 Å². The number of aryl methyl sites for hydroxylation is 2. The van der Waals surface area contributed by atoms with Crippen molar-refractivity contribution in [3.63, 3.8) is 0 Å². The van der Waals surface area contributed by atoms with E-state index in [1.807, 2.05) is 17.9 Å². The van der Waals surface area contributed by atoms with E-state index in [9.17, 15) is 0 Å². The van der Waals surface area contributed by atoms with Crippen molar-refractivity contribution >= 4 is 0 Å². The summed E-state index contributed by atoms with van der Waals surface area (Å²) in [5.74, 6) is 1.06. The fraction of sp³-hybridized carbons (Fsp3) is 0.471. The minimum absolute atomic E-state index is 0.320. The minimum atomic E-state index is 0.320. The zero-order valence-electron chi connectivity index (χ0n) is 12.8. The van der Waals surface area contributed by atoms with Gasteiger partial charge < -0.3 is 14.6 Å². The molecule has 0 spiro atoms. The first kappa shape index (κ1) is 14.1. The molecule has 4 nitrogen and oxygen atoms in total. The Hall–Kier alpha value is -1.81. The number of nitrogens with zero attached hydrogens (tertiary/aromatic N) is 2.